The van der Waals surface area contributed by atoms with Gasteiger partial charge in [0.1, 0.15) is 6.33 Å². The number of aromatic nitrogens is 5. The molecule has 0 spiro atoms. The second-order valence-corrected chi connectivity index (χ2v) is 5.94. The highest BCUT2D eigenvalue weighted by atomic mass is 16.5. The lowest BCUT2D eigenvalue weighted by Gasteiger charge is -2.15. The highest BCUT2D eigenvalue weighted by molar-refractivity contribution is 5.94. The number of ether oxygens (including phenoxy) is 1. The lowest BCUT2D eigenvalue weighted by atomic mass is 10.1. The van der Waals surface area contributed by atoms with Gasteiger partial charge in [0.15, 0.2) is 5.82 Å². The van der Waals surface area contributed by atoms with Crippen LogP contribution in [0.5, 0.6) is 0 Å². The topological polar surface area (TPSA) is 86.9 Å². The summed E-state index contributed by atoms with van der Waals surface area (Å²) in [6.07, 6.45) is 7.82. The molecule has 3 rings (SSSR count). The van der Waals surface area contributed by atoms with Gasteiger partial charge in [-0.1, -0.05) is 0 Å². The lowest BCUT2D eigenvalue weighted by Crippen LogP contribution is -2.28. The van der Waals surface area contributed by atoms with Crippen molar-refractivity contribution in [3.05, 3.63) is 60.7 Å². The fourth-order valence-electron chi connectivity index (χ4n) is 2.69. The van der Waals surface area contributed by atoms with Crippen molar-refractivity contribution in [2.24, 2.45) is 0 Å². The Bertz CT molecular complexity index is 826. The standard InChI is InChI=1S/C18H22N6O2/c1-14(17-22-20-13-24(17)9-3-11-26-2)21-18(25)15-4-6-16(7-5-15)23-10-8-19-12-23/h4-8,10,12-14H,3,9,11H2,1-2H3,(H,21,25)/t14-/m1/s1. The summed E-state index contributed by atoms with van der Waals surface area (Å²) in [5.74, 6) is 0.575. The summed E-state index contributed by atoms with van der Waals surface area (Å²) >= 11 is 0. The van der Waals surface area contributed by atoms with E-state index in [1.165, 1.54) is 0 Å². The van der Waals surface area contributed by atoms with Crippen LogP contribution in [0.1, 0.15) is 35.6 Å². The minimum Gasteiger partial charge on any atom is -0.385 e. The maximum absolute atomic E-state index is 12.5. The van der Waals surface area contributed by atoms with Gasteiger partial charge < -0.3 is 19.2 Å². The molecule has 3 aromatic rings. The number of aryl methyl sites for hydroxylation is 1. The molecule has 8 heteroatoms. The average molecular weight is 354 g/mol. The third-order valence-corrected chi connectivity index (χ3v) is 4.06. The third kappa shape index (κ3) is 4.15. The zero-order valence-corrected chi connectivity index (χ0v) is 14.9. The van der Waals surface area contributed by atoms with E-state index in [4.69, 9.17) is 4.74 Å². The molecule has 0 aliphatic heterocycles. The molecule has 1 amide bonds. The molecule has 0 aliphatic carbocycles. The van der Waals surface area contributed by atoms with Crippen molar-refractivity contribution in [2.45, 2.75) is 25.9 Å². The van der Waals surface area contributed by atoms with Gasteiger partial charge in [-0.3, -0.25) is 4.79 Å². The molecule has 0 fully saturated rings. The number of nitrogens with one attached hydrogen (secondary N) is 1. The van der Waals surface area contributed by atoms with Crippen LogP contribution < -0.4 is 5.32 Å². The van der Waals surface area contributed by atoms with Crippen molar-refractivity contribution in [3.63, 3.8) is 0 Å². The van der Waals surface area contributed by atoms with Gasteiger partial charge in [0.2, 0.25) is 0 Å². The van der Waals surface area contributed by atoms with E-state index in [0.717, 1.165) is 24.5 Å². The van der Waals surface area contributed by atoms with Crippen LogP contribution in [0, 0.1) is 0 Å². The van der Waals surface area contributed by atoms with E-state index in [2.05, 4.69) is 20.5 Å². The van der Waals surface area contributed by atoms with Crippen LogP contribution in [0.3, 0.4) is 0 Å². The summed E-state index contributed by atoms with van der Waals surface area (Å²) in [5.41, 5.74) is 1.54. The summed E-state index contributed by atoms with van der Waals surface area (Å²) in [4.78, 5) is 16.5. The predicted octanol–water partition coefficient (Wildman–Crippen LogP) is 1.99. The van der Waals surface area contributed by atoms with Crippen LogP contribution >= 0.6 is 0 Å². The fraction of sp³-hybridized carbons (Fsp3) is 0.333. The van der Waals surface area contributed by atoms with Gasteiger partial charge in [-0.2, -0.15) is 0 Å². The SMILES string of the molecule is COCCCn1cnnc1[C@@H](C)NC(=O)c1ccc(-n2ccnc2)cc1. The molecule has 0 saturated carbocycles. The number of imidazole rings is 1. The molecule has 1 atom stereocenters. The van der Waals surface area contributed by atoms with Gasteiger partial charge >= 0.3 is 0 Å². The summed E-state index contributed by atoms with van der Waals surface area (Å²) in [6.45, 7) is 3.31. The first-order valence-electron chi connectivity index (χ1n) is 8.45. The number of nitrogens with zero attached hydrogens (tertiary/aromatic N) is 5. The van der Waals surface area contributed by atoms with Crippen molar-refractivity contribution < 1.29 is 9.53 Å². The summed E-state index contributed by atoms with van der Waals surface area (Å²) in [7, 11) is 1.67. The van der Waals surface area contributed by atoms with Crippen LogP contribution in [-0.4, -0.2) is 43.9 Å². The van der Waals surface area contributed by atoms with E-state index >= 15 is 0 Å². The molecule has 0 radical (unpaired) electrons. The maximum atomic E-state index is 12.5. The Morgan fingerprint density at radius 3 is 2.77 bits per heavy atom. The predicted molar refractivity (Wildman–Crippen MR) is 96.0 cm³/mol. The number of carbonyl (C=O) groups excluding carboxylic acids is 1. The first-order chi connectivity index (χ1) is 12.7. The molecule has 0 saturated heterocycles. The smallest absolute Gasteiger partial charge is 0.251 e. The minimum atomic E-state index is -0.249. The number of carbonyl (C=O) groups is 1. The van der Waals surface area contributed by atoms with Crippen LogP contribution in [0.25, 0.3) is 5.69 Å². The first kappa shape index (κ1) is 17.8. The molecule has 0 unspecified atom stereocenters. The summed E-state index contributed by atoms with van der Waals surface area (Å²) in [6, 6.07) is 7.10. The number of hydrogen-bond acceptors (Lipinski definition) is 5. The van der Waals surface area contributed by atoms with Crippen LogP contribution in [0.2, 0.25) is 0 Å². The minimum absolute atomic E-state index is 0.152. The second kappa shape index (κ2) is 8.39. The number of methoxy groups -OCH3 is 1. The molecule has 0 bridgehead atoms. The Morgan fingerprint density at radius 1 is 1.27 bits per heavy atom. The quantitative estimate of drug-likeness (QED) is 0.625. The number of amides is 1. The molecule has 8 nitrogen and oxygen atoms in total. The number of rotatable bonds is 8. The highest BCUT2D eigenvalue weighted by Gasteiger charge is 2.16. The van der Waals surface area contributed by atoms with Crippen LogP contribution in [-0.2, 0) is 11.3 Å². The van der Waals surface area contributed by atoms with Crippen molar-refractivity contribution >= 4 is 5.91 Å². The summed E-state index contributed by atoms with van der Waals surface area (Å²) in [5, 5.41) is 11.1. The Labute approximate surface area is 151 Å². The van der Waals surface area contributed by atoms with E-state index in [1.54, 1.807) is 38.1 Å². The van der Waals surface area contributed by atoms with Crippen LogP contribution in [0.15, 0.2) is 49.3 Å². The molecular formula is C18H22N6O2. The first-order valence-corrected chi connectivity index (χ1v) is 8.45. The van der Waals surface area contributed by atoms with Crippen molar-refractivity contribution in [2.75, 3.05) is 13.7 Å². The Balaban J connectivity index is 1.63. The fourth-order valence-corrected chi connectivity index (χ4v) is 2.69. The monoisotopic (exact) mass is 354 g/mol. The van der Waals surface area contributed by atoms with E-state index < -0.39 is 0 Å². The van der Waals surface area contributed by atoms with Crippen molar-refractivity contribution in [1.82, 2.24) is 29.6 Å². The summed E-state index contributed by atoms with van der Waals surface area (Å²) < 4.78 is 8.89. The molecule has 1 aromatic carbocycles. The zero-order chi connectivity index (χ0) is 18.4. The van der Waals surface area contributed by atoms with Crippen molar-refractivity contribution in [3.8, 4) is 5.69 Å². The molecule has 2 aromatic heterocycles. The van der Waals surface area contributed by atoms with Gasteiger partial charge in [0.05, 0.1) is 12.4 Å². The third-order valence-electron chi connectivity index (χ3n) is 4.06. The van der Waals surface area contributed by atoms with Crippen molar-refractivity contribution in [1.29, 1.82) is 0 Å². The van der Waals surface area contributed by atoms with Gasteiger partial charge in [-0.25, -0.2) is 4.98 Å². The van der Waals surface area contributed by atoms with E-state index in [1.807, 2.05) is 34.4 Å². The lowest BCUT2D eigenvalue weighted by molar-refractivity contribution is 0.0937. The van der Waals surface area contributed by atoms with E-state index in [-0.39, 0.29) is 11.9 Å². The van der Waals surface area contributed by atoms with Gasteiger partial charge in [0.25, 0.3) is 5.91 Å². The van der Waals surface area contributed by atoms with Gasteiger partial charge in [-0.15, -0.1) is 10.2 Å². The number of hydrogen-bond donors (Lipinski definition) is 1. The van der Waals surface area contributed by atoms with E-state index in [9.17, 15) is 4.79 Å². The molecular weight excluding hydrogens is 332 g/mol. The molecule has 0 aliphatic rings. The van der Waals surface area contributed by atoms with Crippen LogP contribution in [0.4, 0.5) is 0 Å². The van der Waals surface area contributed by atoms with Gasteiger partial charge in [-0.05, 0) is 37.6 Å². The molecule has 1 N–H and O–H groups in total. The Hall–Kier alpha value is -3.00. The highest BCUT2D eigenvalue weighted by Crippen LogP contribution is 2.13. The van der Waals surface area contributed by atoms with E-state index in [0.29, 0.717) is 12.2 Å². The largest absolute Gasteiger partial charge is 0.385 e. The maximum Gasteiger partial charge on any atom is 0.251 e. The molecule has 2 heterocycles. The second-order valence-electron chi connectivity index (χ2n) is 5.94. The number of benzene rings is 1. The Kier molecular flexibility index (Phi) is 5.75. The average Bonchev–Trinajstić information content (AvgIpc) is 3.34. The normalized spacial score (nSPS) is 12.1. The molecule has 136 valence electrons. The zero-order valence-electron chi connectivity index (χ0n) is 14.9. The molecule has 26 heavy (non-hydrogen) atoms. The van der Waals surface area contributed by atoms with Gasteiger partial charge in [0, 0.05) is 43.9 Å². The Morgan fingerprint density at radius 2 is 2.08 bits per heavy atom.